The first-order valence-corrected chi connectivity index (χ1v) is 11.4. The topological polar surface area (TPSA) is 225 Å². The summed E-state index contributed by atoms with van der Waals surface area (Å²) in [7, 11) is 0. The van der Waals surface area contributed by atoms with E-state index in [0.717, 1.165) is 24.3 Å². The lowest BCUT2D eigenvalue weighted by Crippen LogP contribution is -2.11. The van der Waals surface area contributed by atoms with Gasteiger partial charge in [-0.15, -0.1) is 0 Å². The Labute approximate surface area is 232 Å². The number of benzene rings is 4. The highest BCUT2D eigenvalue weighted by Gasteiger charge is 2.24. The Bertz CT molecular complexity index is 1610. The smallest absolute Gasteiger partial charge is 0.344 e. The minimum atomic E-state index is -1.16. The summed E-state index contributed by atoms with van der Waals surface area (Å²) in [6, 6.07) is 16.3. The number of nitro groups is 4. The van der Waals surface area contributed by atoms with Crippen LogP contribution in [0.3, 0.4) is 0 Å². The third-order valence-electron chi connectivity index (χ3n) is 5.59. The maximum atomic E-state index is 12.9. The Morgan fingerprint density at radius 2 is 0.762 bits per heavy atom. The van der Waals surface area contributed by atoms with Crippen molar-refractivity contribution >= 4 is 34.7 Å². The first kappa shape index (κ1) is 28.4. The summed E-state index contributed by atoms with van der Waals surface area (Å²) in [4.78, 5) is 67.0. The lowest BCUT2D eigenvalue weighted by atomic mass is 10.0. The van der Waals surface area contributed by atoms with Crippen LogP contribution < -0.4 is 9.47 Å². The summed E-state index contributed by atoms with van der Waals surface area (Å²) in [5.41, 5.74) is -3.41. The molecule has 4 aromatic rings. The van der Waals surface area contributed by atoms with Gasteiger partial charge in [-0.2, -0.15) is 0 Å². The Kier molecular flexibility index (Phi) is 7.89. The number of para-hydroxylation sites is 2. The van der Waals surface area contributed by atoms with Crippen molar-refractivity contribution in [1.29, 1.82) is 0 Å². The van der Waals surface area contributed by atoms with Crippen molar-refractivity contribution < 1.29 is 38.8 Å². The zero-order chi connectivity index (χ0) is 30.6. The van der Waals surface area contributed by atoms with Gasteiger partial charge in [0.2, 0.25) is 0 Å². The predicted octanol–water partition coefficient (Wildman–Crippen LogP) is 5.42. The number of esters is 2. The van der Waals surface area contributed by atoms with Crippen LogP contribution in [0.4, 0.5) is 22.7 Å². The summed E-state index contributed by atoms with van der Waals surface area (Å²) in [5.74, 6) is -2.56. The quantitative estimate of drug-likeness (QED) is 0.106. The van der Waals surface area contributed by atoms with Gasteiger partial charge >= 0.3 is 11.9 Å². The van der Waals surface area contributed by atoms with Crippen LogP contribution in [-0.2, 0) is 0 Å². The van der Waals surface area contributed by atoms with E-state index >= 15 is 0 Å². The number of hydrogen-bond acceptors (Lipinski definition) is 12. The predicted molar refractivity (Wildman–Crippen MR) is 141 cm³/mol. The maximum absolute atomic E-state index is 12.9. The minimum Gasteiger partial charge on any atom is -0.422 e. The number of rotatable bonds is 9. The van der Waals surface area contributed by atoms with Gasteiger partial charge in [0.25, 0.3) is 22.7 Å². The summed E-state index contributed by atoms with van der Waals surface area (Å²) in [5, 5.41) is 44.8. The molecule has 0 spiro atoms. The van der Waals surface area contributed by atoms with Crippen LogP contribution in [0.1, 0.15) is 20.7 Å². The molecule has 0 aromatic heterocycles. The zero-order valence-corrected chi connectivity index (χ0v) is 20.8. The molecule has 16 heteroatoms. The number of nitro benzene ring substituents is 4. The summed E-state index contributed by atoms with van der Waals surface area (Å²) < 4.78 is 10.8. The number of carbonyl (C=O) groups excluding carboxylic acids is 2. The van der Waals surface area contributed by atoms with Crippen molar-refractivity contribution in [2.45, 2.75) is 0 Å². The largest absolute Gasteiger partial charge is 0.422 e. The second kappa shape index (κ2) is 11.7. The Morgan fingerprint density at radius 3 is 1.05 bits per heavy atom. The molecule has 0 aliphatic heterocycles. The van der Waals surface area contributed by atoms with Gasteiger partial charge in [-0.05, 0) is 12.1 Å². The molecule has 4 aromatic carbocycles. The van der Waals surface area contributed by atoms with E-state index < -0.39 is 65.5 Å². The molecule has 0 amide bonds. The molecule has 0 unspecified atom stereocenters. The van der Waals surface area contributed by atoms with Crippen LogP contribution in [-0.4, -0.2) is 31.6 Å². The molecule has 0 heterocycles. The molecule has 0 aliphatic rings. The normalized spacial score (nSPS) is 10.4. The van der Waals surface area contributed by atoms with Crippen LogP contribution in [0.5, 0.6) is 11.5 Å². The molecule has 0 aliphatic carbocycles. The molecule has 210 valence electrons. The molecule has 42 heavy (non-hydrogen) atoms. The first-order chi connectivity index (χ1) is 19.9. The van der Waals surface area contributed by atoms with E-state index in [1.807, 2.05) is 0 Å². The molecule has 0 saturated heterocycles. The second-order valence-electron chi connectivity index (χ2n) is 8.28. The molecule has 16 nitrogen and oxygen atoms in total. The first-order valence-electron chi connectivity index (χ1n) is 11.4. The number of hydrogen-bond donors (Lipinski definition) is 0. The average Bonchev–Trinajstić information content (AvgIpc) is 2.97. The van der Waals surface area contributed by atoms with Gasteiger partial charge in [-0.3, -0.25) is 40.5 Å². The van der Waals surface area contributed by atoms with E-state index in [9.17, 15) is 50.0 Å². The molecule has 0 atom stereocenters. The Balaban J connectivity index is 1.69. The highest BCUT2D eigenvalue weighted by atomic mass is 16.6. The van der Waals surface area contributed by atoms with Crippen LogP contribution in [0.2, 0.25) is 0 Å². The number of carbonyl (C=O) groups is 2. The summed E-state index contributed by atoms with van der Waals surface area (Å²) in [6.45, 7) is 0. The van der Waals surface area contributed by atoms with Crippen molar-refractivity contribution in [2.75, 3.05) is 0 Å². The van der Waals surface area contributed by atoms with E-state index in [2.05, 4.69) is 0 Å². The second-order valence-corrected chi connectivity index (χ2v) is 8.28. The molecule has 0 radical (unpaired) electrons. The van der Waals surface area contributed by atoms with Gasteiger partial charge in [0.15, 0.2) is 0 Å². The highest BCUT2D eigenvalue weighted by molar-refractivity contribution is 5.95. The van der Waals surface area contributed by atoms with Crippen molar-refractivity contribution in [3.63, 3.8) is 0 Å². The van der Waals surface area contributed by atoms with Crippen LogP contribution >= 0.6 is 0 Å². The Morgan fingerprint density at radius 1 is 0.476 bits per heavy atom. The molecule has 4 rings (SSSR count). The fraction of sp³-hybridized carbons (Fsp3) is 0. The fourth-order valence-electron chi connectivity index (χ4n) is 3.72. The summed E-state index contributed by atoms with van der Waals surface area (Å²) >= 11 is 0. The van der Waals surface area contributed by atoms with E-state index in [0.29, 0.717) is 12.1 Å². The van der Waals surface area contributed by atoms with Gasteiger partial charge in [-0.25, -0.2) is 9.59 Å². The van der Waals surface area contributed by atoms with Crippen molar-refractivity contribution in [2.24, 2.45) is 0 Å². The monoisotopic (exact) mass is 574 g/mol. The fourth-order valence-corrected chi connectivity index (χ4v) is 3.72. The van der Waals surface area contributed by atoms with Gasteiger partial charge < -0.3 is 9.47 Å². The average molecular weight is 574 g/mol. The van der Waals surface area contributed by atoms with Gasteiger partial charge in [0.05, 0.1) is 43.0 Å². The molecular formula is C26H14N4O12. The van der Waals surface area contributed by atoms with Crippen LogP contribution in [0.25, 0.3) is 11.1 Å². The van der Waals surface area contributed by atoms with E-state index in [-0.39, 0.29) is 22.6 Å². The lowest BCUT2D eigenvalue weighted by Gasteiger charge is -2.14. The number of non-ortho nitro benzene ring substituents is 4. The summed E-state index contributed by atoms with van der Waals surface area (Å²) in [6.07, 6.45) is 0. The minimum absolute atomic E-state index is 0.119. The zero-order valence-electron chi connectivity index (χ0n) is 20.8. The molecule has 0 fully saturated rings. The highest BCUT2D eigenvalue weighted by Crippen LogP contribution is 2.37. The standard InChI is InChI=1S/C26H14N4O12/c31-25(15-9-17(27(33)34)13-18(10-15)28(35)36)41-23-7-3-1-5-21(23)22-6-2-4-8-24(22)42-26(32)16-11-19(29(37)38)14-20(12-16)30(39)40/h1-14H. The van der Waals surface area contributed by atoms with E-state index in [1.54, 1.807) is 12.1 Å². The maximum Gasteiger partial charge on any atom is 0.344 e. The van der Waals surface area contributed by atoms with Crippen molar-refractivity contribution in [3.8, 4) is 22.6 Å². The SMILES string of the molecule is O=C(Oc1ccccc1-c1ccccc1OC(=O)c1cc([N+](=O)[O-])cc([N+](=O)[O-])c1)c1cc([N+](=O)[O-])cc([N+](=O)[O-])c1. The third kappa shape index (κ3) is 6.18. The van der Waals surface area contributed by atoms with Gasteiger partial charge in [0, 0.05) is 35.4 Å². The van der Waals surface area contributed by atoms with Gasteiger partial charge in [-0.1, -0.05) is 36.4 Å². The van der Waals surface area contributed by atoms with Crippen molar-refractivity contribution in [3.05, 3.63) is 137 Å². The van der Waals surface area contributed by atoms with Crippen LogP contribution in [0.15, 0.2) is 84.9 Å². The van der Waals surface area contributed by atoms with Crippen molar-refractivity contribution in [1.82, 2.24) is 0 Å². The molecule has 0 N–H and O–H groups in total. The van der Waals surface area contributed by atoms with Gasteiger partial charge in [0.1, 0.15) is 11.5 Å². The number of nitrogens with zero attached hydrogens (tertiary/aromatic N) is 4. The third-order valence-corrected chi connectivity index (χ3v) is 5.59. The van der Waals surface area contributed by atoms with Crippen LogP contribution in [0, 0.1) is 40.5 Å². The molecule has 0 bridgehead atoms. The molecular weight excluding hydrogens is 560 g/mol. The Hall–Kier alpha value is -6.58. The van der Waals surface area contributed by atoms with E-state index in [1.165, 1.54) is 36.4 Å². The van der Waals surface area contributed by atoms with E-state index in [4.69, 9.17) is 9.47 Å². The molecule has 0 saturated carbocycles. The lowest BCUT2D eigenvalue weighted by molar-refractivity contribution is -0.394. The number of ether oxygens (including phenoxy) is 2.